The van der Waals surface area contributed by atoms with Crippen LogP contribution in [0.1, 0.15) is 22.3 Å². The summed E-state index contributed by atoms with van der Waals surface area (Å²) >= 11 is 0. The summed E-state index contributed by atoms with van der Waals surface area (Å²) in [7, 11) is 2.05. The lowest BCUT2D eigenvalue weighted by Crippen LogP contribution is -2.28. The molecule has 0 bridgehead atoms. The number of hydrogen-bond donors (Lipinski definition) is 2. The van der Waals surface area contributed by atoms with Gasteiger partial charge in [0, 0.05) is 37.1 Å². The van der Waals surface area contributed by atoms with Gasteiger partial charge in [0.25, 0.3) is 5.91 Å². The topological polar surface area (TPSA) is 58.4 Å². The lowest BCUT2D eigenvalue weighted by atomic mass is 10.1. The smallest absolute Gasteiger partial charge is 0.251 e. The first kappa shape index (κ1) is 15.9. The Morgan fingerprint density at radius 2 is 1.86 bits per heavy atom. The number of rotatable bonds is 6. The molecule has 0 aliphatic rings. The molecule has 4 heteroatoms. The zero-order valence-electron chi connectivity index (χ0n) is 13.2. The third-order valence-corrected chi connectivity index (χ3v) is 3.77. The average Bonchev–Trinajstić information content (AvgIpc) is 2.54. The van der Waals surface area contributed by atoms with Crippen LogP contribution in [0.5, 0.6) is 0 Å². The maximum Gasteiger partial charge on any atom is 0.251 e. The van der Waals surface area contributed by atoms with Crippen molar-refractivity contribution in [2.24, 2.45) is 0 Å². The number of nitrogens with two attached hydrogens (primary N) is 1. The number of nitrogen functional groups attached to an aromatic ring is 1. The highest BCUT2D eigenvalue weighted by Gasteiger charge is 2.09. The van der Waals surface area contributed by atoms with Crippen molar-refractivity contribution < 1.29 is 4.79 Å². The van der Waals surface area contributed by atoms with Gasteiger partial charge in [-0.1, -0.05) is 24.3 Å². The van der Waals surface area contributed by atoms with Gasteiger partial charge in [-0.05, 0) is 43.2 Å². The molecule has 2 rings (SSSR count). The minimum Gasteiger partial charge on any atom is -0.398 e. The molecule has 0 aromatic heterocycles. The van der Waals surface area contributed by atoms with Gasteiger partial charge in [-0.2, -0.15) is 0 Å². The van der Waals surface area contributed by atoms with Crippen molar-refractivity contribution in [3.05, 3.63) is 59.7 Å². The average molecular weight is 297 g/mol. The van der Waals surface area contributed by atoms with E-state index in [2.05, 4.69) is 29.4 Å². The second-order valence-corrected chi connectivity index (χ2v) is 5.39. The molecule has 0 heterocycles. The Labute approximate surface area is 131 Å². The maximum atomic E-state index is 12.2. The summed E-state index contributed by atoms with van der Waals surface area (Å²) in [5, 5.41) is 2.95. The number of amides is 1. The van der Waals surface area contributed by atoms with Crippen LogP contribution in [0.3, 0.4) is 0 Å². The van der Waals surface area contributed by atoms with Crippen LogP contribution in [-0.4, -0.2) is 26.0 Å². The molecular formula is C18H23N3O. The van der Waals surface area contributed by atoms with Gasteiger partial charge >= 0.3 is 0 Å². The van der Waals surface area contributed by atoms with Crippen LogP contribution in [0.15, 0.2) is 48.5 Å². The Morgan fingerprint density at radius 1 is 1.14 bits per heavy atom. The van der Waals surface area contributed by atoms with E-state index < -0.39 is 0 Å². The fourth-order valence-electron chi connectivity index (χ4n) is 2.32. The second-order valence-electron chi connectivity index (χ2n) is 5.39. The molecule has 0 unspecified atom stereocenters. The molecule has 0 aliphatic carbocycles. The normalized spacial score (nSPS) is 10.3. The van der Waals surface area contributed by atoms with Crippen molar-refractivity contribution in [1.29, 1.82) is 0 Å². The quantitative estimate of drug-likeness (QED) is 0.637. The van der Waals surface area contributed by atoms with Crippen molar-refractivity contribution in [3.63, 3.8) is 0 Å². The Bertz CT molecular complexity index is 625. The molecule has 3 N–H and O–H groups in total. The van der Waals surface area contributed by atoms with Crippen molar-refractivity contribution >= 4 is 17.3 Å². The molecule has 1 amide bonds. The monoisotopic (exact) mass is 297 g/mol. The second kappa shape index (κ2) is 7.50. The number of anilines is 2. The number of carbonyl (C=O) groups is 1. The number of carbonyl (C=O) groups excluding carboxylic acids is 1. The molecule has 2 aromatic carbocycles. The molecule has 2 aromatic rings. The molecule has 0 saturated carbocycles. The highest BCUT2D eigenvalue weighted by molar-refractivity contribution is 5.96. The van der Waals surface area contributed by atoms with Crippen LogP contribution in [0.4, 0.5) is 11.4 Å². The largest absolute Gasteiger partial charge is 0.398 e. The summed E-state index contributed by atoms with van der Waals surface area (Å²) in [6.45, 7) is 3.40. The first-order valence-electron chi connectivity index (χ1n) is 7.49. The number of nitrogens with one attached hydrogen (secondary N) is 1. The molecule has 4 nitrogen and oxygen atoms in total. The van der Waals surface area contributed by atoms with Gasteiger partial charge in [-0.3, -0.25) is 4.79 Å². The van der Waals surface area contributed by atoms with Crippen molar-refractivity contribution in [2.75, 3.05) is 30.8 Å². The van der Waals surface area contributed by atoms with E-state index in [0.717, 1.165) is 18.5 Å². The molecule has 0 aliphatic heterocycles. The van der Waals surface area contributed by atoms with Crippen LogP contribution in [0, 0.1) is 6.92 Å². The van der Waals surface area contributed by atoms with Crippen LogP contribution in [0.25, 0.3) is 0 Å². The van der Waals surface area contributed by atoms with Crippen LogP contribution >= 0.6 is 0 Å². The highest BCUT2D eigenvalue weighted by atomic mass is 16.1. The third kappa shape index (κ3) is 4.01. The van der Waals surface area contributed by atoms with E-state index in [0.29, 0.717) is 17.8 Å². The summed E-state index contributed by atoms with van der Waals surface area (Å²) < 4.78 is 0. The van der Waals surface area contributed by atoms with Gasteiger partial charge in [-0.15, -0.1) is 0 Å². The molecule has 22 heavy (non-hydrogen) atoms. The summed E-state index contributed by atoms with van der Waals surface area (Å²) in [6, 6.07) is 15.6. The Hall–Kier alpha value is -2.49. The standard InChI is InChI=1S/C18H23N3O/c1-14-16(10-6-11-17(14)19)18(22)20-12-7-13-21(2)15-8-4-3-5-9-15/h3-6,8-11H,7,12-13,19H2,1-2H3,(H,20,22). The zero-order chi connectivity index (χ0) is 15.9. The highest BCUT2D eigenvalue weighted by Crippen LogP contribution is 2.15. The van der Waals surface area contributed by atoms with Crippen molar-refractivity contribution in [3.8, 4) is 0 Å². The predicted molar refractivity (Wildman–Crippen MR) is 92.3 cm³/mol. The van der Waals surface area contributed by atoms with Gasteiger partial charge < -0.3 is 16.0 Å². The third-order valence-electron chi connectivity index (χ3n) is 3.77. The lowest BCUT2D eigenvalue weighted by molar-refractivity contribution is 0.0953. The molecule has 0 atom stereocenters. The van der Waals surface area contributed by atoms with E-state index in [9.17, 15) is 4.79 Å². The summed E-state index contributed by atoms with van der Waals surface area (Å²) in [6.07, 6.45) is 0.887. The van der Waals surface area contributed by atoms with E-state index in [1.54, 1.807) is 18.2 Å². The van der Waals surface area contributed by atoms with Crippen molar-refractivity contribution in [2.45, 2.75) is 13.3 Å². The minimum atomic E-state index is -0.0628. The molecule has 0 radical (unpaired) electrons. The first-order chi connectivity index (χ1) is 10.6. The predicted octanol–water partition coefficient (Wildman–Crippen LogP) is 2.83. The summed E-state index contributed by atoms with van der Waals surface area (Å²) in [5.74, 6) is -0.0628. The zero-order valence-corrected chi connectivity index (χ0v) is 13.2. The lowest BCUT2D eigenvalue weighted by Gasteiger charge is -2.19. The molecule has 116 valence electrons. The number of nitrogens with zero attached hydrogens (tertiary/aromatic N) is 1. The van der Waals surface area contributed by atoms with Gasteiger partial charge in [-0.25, -0.2) is 0 Å². The number of hydrogen-bond acceptors (Lipinski definition) is 3. The molecule has 0 fully saturated rings. The van der Waals surface area contributed by atoms with Gasteiger partial charge in [0.2, 0.25) is 0 Å². The van der Waals surface area contributed by atoms with E-state index >= 15 is 0 Å². The molecule has 0 spiro atoms. The Morgan fingerprint density at radius 3 is 2.59 bits per heavy atom. The van der Waals surface area contributed by atoms with Gasteiger partial charge in [0.15, 0.2) is 0 Å². The van der Waals surface area contributed by atoms with Crippen LogP contribution in [0.2, 0.25) is 0 Å². The summed E-state index contributed by atoms with van der Waals surface area (Å²) in [4.78, 5) is 14.3. The van der Waals surface area contributed by atoms with Crippen LogP contribution < -0.4 is 16.0 Å². The fraction of sp³-hybridized carbons (Fsp3) is 0.278. The van der Waals surface area contributed by atoms with E-state index in [1.807, 2.05) is 25.1 Å². The SMILES string of the molecule is Cc1c(N)cccc1C(=O)NCCCN(C)c1ccccc1. The molecule has 0 saturated heterocycles. The first-order valence-corrected chi connectivity index (χ1v) is 7.49. The van der Waals surface area contributed by atoms with Crippen LogP contribution in [-0.2, 0) is 0 Å². The van der Waals surface area contributed by atoms with E-state index in [1.165, 1.54) is 5.69 Å². The Kier molecular flexibility index (Phi) is 5.42. The number of benzene rings is 2. The molecular weight excluding hydrogens is 274 g/mol. The number of para-hydroxylation sites is 1. The van der Waals surface area contributed by atoms with E-state index in [4.69, 9.17) is 5.73 Å². The minimum absolute atomic E-state index is 0.0628. The maximum absolute atomic E-state index is 12.2. The van der Waals surface area contributed by atoms with Gasteiger partial charge in [0.1, 0.15) is 0 Å². The Balaban J connectivity index is 1.79. The summed E-state index contributed by atoms with van der Waals surface area (Å²) in [5.41, 5.74) is 9.15. The van der Waals surface area contributed by atoms with E-state index in [-0.39, 0.29) is 5.91 Å². The fourth-order valence-corrected chi connectivity index (χ4v) is 2.32. The van der Waals surface area contributed by atoms with Crippen molar-refractivity contribution in [1.82, 2.24) is 5.32 Å². The van der Waals surface area contributed by atoms with Gasteiger partial charge in [0.05, 0.1) is 0 Å².